The van der Waals surface area contributed by atoms with Gasteiger partial charge in [0.05, 0.1) is 17.8 Å². The fraction of sp³-hybridized carbons (Fsp3) is 0.238. The van der Waals surface area contributed by atoms with Gasteiger partial charge in [-0.15, -0.1) is 11.3 Å². The molecular formula is C21H22N4S2. The molecule has 6 heteroatoms. The molecular weight excluding hydrogens is 372 g/mol. The summed E-state index contributed by atoms with van der Waals surface area (Å²) in [5.74, 6) is 0. The highest BCUT2D eigenvalue weighted by Crippen LogP contribution is 2.43. The van der Waals surface area contributed by atoms with Gasteiger partial charge in [0.2, 0.25) is 0 Å². The summed E-state index contributed by atoms with van der Waals surface area (Å²) in [5.41, 5.74) is 3.26. The van der Waals surface area contributed by atoms with Crippen LogP contribution in [-0.2, 0) is 0 Å². The molecule has 0 amide bonds. The number of hydrogen-bond donors (Lipinski definition) is 1. The van der Waals surface area contributed by atoms with Crippen molar-refractivity contribution in [3.8, 4) is 0 Å². The van der Waals surface area contributed by atoms with Gasteiger partial charge in [-0.3, -0.25) is 4.98 Å². The third-order valence-corrected chi connectivity index (χ3v) is 6.18. The molecule has 1 aliphatic heterocycles. The summed E-state index contributed by atoms with van der Waals surface area (Å²) in [4.78, 5) is 11.5. The van der Waals surface area contributed by atoms with Crippen molar-refractivity contribution in [1.82, 2.24) is 10.3 Å². The Labute approximate surface area is 169 Å². The van der Waals surface area contributed by atoms with Crippen molar-refractivity contribution in [2.24, 2.45) is 0 Å². The average molecular weight is 395 g/mol. The summed E-state index contributed by atoms with van der Waals surface area (Å²) in [6.07, 6.45) is 1.84. The van der Waals surface area contributed by atoms with Crippen LogP contribution >= 0.6 is 23.6 Å². The van der Waals surface area contributed by atoms with E-state index in [0.29, 0.717) is 0 Å². The Kier molecular flexibility index (Phi) is 4.85. The van der Waals surface area contributed by atoms with Crippen LogP contribution in [0.5, 0.6) is 0 Å². The maximum Gasteiger partial charge on any atom is 0.174 e. The van der Waals surface area contributed by atoms with Crippen LogP contribution in [0.3, 0.4) is 0 Å². The maximum atomic E-state index is 5.75. The van der Waals surface area contributed by atoms with Crippen LogP contribution in [0.1, 0.15) is 27.5 Å². The fourth-order valence-electron chi connectivity index (χ4n) is 3.45. The maximum absolute atomic E-state index is 5.75. The summed E-state index contributed by atoms with van der Waals surface area (Å²) in [6, 6.07) is 19.0. The number of rotatable bonds is 4. The first kappa shape index (κ1) is 17.9. The first-order chi connectivity index (χ1) is 13.0. The molecule has 27 heavy (non-hydrogen) atoms. The number of pyridine rings is 1. The number of nitrogens with zero attached hydrogens (tertiary/aromatic N) is 3. The number of thiophene rings is 1. The van der Waals surface area contributed by atoms with Crippen LogP contribution < -0.4 is 15.1 Å². The summed E-state index contributed by atoms with van der Waals surface area (Å²) in [6.45, 7) is 2.14. The third kappa shape index (κ3) is 3.42. The smallest absolute Gasteiger partial charge is 0.174 e. The molecule has 0 aliphatic carbocycles. The molecule has 4 nitrogen and oxygen atoms in total. The summed E-state index contributed by atoms with van der Waals surface area (Å²) in [5, 5.41) is 4.24. The molecule has 3 aromatic rings. The Balaban J connectivity index is 1.78. The predicted molar refractivity (Wildman–Crippen MR) is 118 cm³/mol. The number of aromatic nitrogens is 1. The minimum Gasteiger partial charge on any atom is -0.378 e. The van der Waals surface area contributed by atoms with Gasteiger partial charge in [0.1, 0.15) is 0 Å². The lowest BCUT2D eigenvalue weighted by Gasteiger charge is -2.27. The molecule has 1 aromatic carbocycles. The first-order valence-corrected chi connectivity index (χ1v) is 10.1. The van der Waals surface area contributed by atoms with Gasteiger partial charge in [0.15, 0.2) is 5.11 Å². The molecule has 0 bridgehead atoms. The van der Waals surface area contributed by atoms with Crippen molar-refractivity contribution >= 4 is 40.0 Å². The minimum absolute atomic E-state index is 0.0188. The first-order valence-electron chi connectivity index (χ1n) is 8.89. The van der Waals surface area contributed by atoms with E-state index >= 15 is 0 Å². The summed E-state index contributed by atoms with van der Waals surface area (Å²) in [7, 11) is 4.09. The average Bonchev–Trinajstić information content (AvgIpc) is 3.25. The van der Waals surface area contributed by atoms with E-state index in [4.69, 9.17) is 12.2 Å². The van der Waals surface area contributed by atoms with Gasteiger partial charge in [-0.1, -0.05) is 6.07 Å². The van der Waals surface area contributed by atoms with Crippen molar-refractivity contribution in [3.63, 3.8) is 0 Å². The Morgan fingerprint density at radius 3 is 2.44 bits per heavy atom. The van der Waals surface area contributed by atoms with Gasteiger partial charge < -0.3 is 15.1 Å². The SMILES string of the molecule is Cc1ccc([C@@H]2[C@@H](c3ccccn3)NC(=S)N2c2ccc(N(C)C)cc2)s1. The van der Waals surface area contributed by atoms with E-state index in [2.05, 4.69) is 69.5 Å². The monoisotopic (exact) mass is 394 g/mol. The van der Waals surface area contributed by atoms with Crippen LogP contribution in [0, 0.1) is 6.92 Å². The molecule has 0 saturated carbocycles. The van der Waals surface area contributed by atoms with E-state index < -0.39 is 0 Å². The predicted octanol–water partition coefficient (Wildman–Crippen LogP) is 4.69. The highest BCUT2D eigenvalue weighted by molar-refractivity contribution is 7.80. The minimum atomic E-state index is 0.0188. The molecule has 0 radical (unpaired) electrons. The van der Waals surface area contributed by atoms with E-state index in [9.17, 15) is 0 Å². The molecule has 1 aliphatic rings. The molecule has 1 N–H and O–H groups in total. The van der Waals surface area contributed by atoms with E-state index in [1.54, 1.807) is 0 Å². The van der Waals surface area contributed by atoms with Crippen molar-refractivity contribution in [2.75, 3.05) is 23.9 Å². The molecule has 0 spiro atoms. The molecule has 1 fully saturated rings. The van der Waals surface area contributed by atoms with E-state index in [0.717, 1.165) is 16.5 Å². The molecule has 3 heterocycles. The Morgan fingerprint density at radius 2 is 1.85 bits per heavy atom. The van der Waals surface area contributed by atoms with Crippen LogP contribution in [0.15, 0.2) is 60.8 Å². The Bertz CT molecular complexity index is 934. The van der Waals surface area contributed by atoms with Crippen LogP contribution in [-0.4, -0.2) is 24.2 Å². The van der Waals surface area contributed by atoms with Crippen LogP contribution in [0.4, 0.5) is 11.4 Å². The van der Waals surface area contributed by atoms with Crippen molar-refractivity contribution in [2.45, 2.75) is 19.0 Å². The second-order valence-corrected chi connectivity index (χ2v) is 8.56. The van der Waals surface area contributed by atoms with Crippen molar-refractivity contribution in [3.05, 3.63) is 76.2 Å². The van der Waals surface area contributed by atoms with Crippen LogP contribution in [0.2, 0.25) is 0 Å². The lowest BCUT2D eigenvalue weighted by molar-refractivity contribution is 0.575. The van der Waals surface area contributed by atoms with Gasteiger partial charge in [0, 0.05) is 41.4 Å². The molecule has 0 unspecified atom stereocenters. The second kappa shape index (κ2) is 7.29. The van der Waals surface area contributed by atoms with Gasteiger partial charge >= 0.3 is 0 Å². The quantitative estimate of drug-likeness (QED) is 0.649. The molecule has 2 aromatic heterocycles. The number of benzene rings is 1. The number of aryl methyl sites for hydroxylation is 1. The van der Waals surface area contributed by atoms with E-state index in [1.165, 1.54) is 15.4 Å². The summed E-state index contributed by atoms with van der Waals surface area (Å²) >= 11 is 7.56. The van der Waals surface area contributed by atoms with E-state index in [1.807, 2.05) is 43.8 Å². The zero-order valence-corrected chi connectivity index (χ0v) is 17.2. The largest absolute Gasteiger partial charge is 0.378 e. The Morgan fingerprint density at radius 1 is 1.07 bits per heavy atom. The summed E-state index contributed by atoms with van der Waals surface area (Å²) < 4.78 is 0. The number of anilines is 2. The van der Waals surface area contributed by atoms with E-state index in [-0.39, 0.29) is 12.1 Å². The Hall–Kier alpha value is -2.44. The van der Waals surface area contributed by atoms with Gasteiger partial charge in [-0.25, -0.2) is 0 Å². The lowest BCUT2D eigenvalue weighted by Crippen LogP contribution is -2.29. The molecule has 1 saturated heterocycles. The van der Waals surface area contributed by atoms with Gasteiger partial charge in [0.25, 0.3) is 0 Å². The topological polar surface area (TPSA) is 31.4 Å². The normalized spacial score (nSPS) is 19.2. The molecule has 138 valence electrons. The zero-order chi connectivity index (χ0) is 19.0. The van der Waals surface area contributed by atoms with Crippen LogP contribution in [0.25, 0.3) is 0 Å². The highest BCUT2D eigenvalue weighted by atomic mass is 32.1. The zero-order valence-electron chi connectivity index (χ0n) is 15.6. The number of hydrogen-bond acceptors (Lipinski definition) is 4. The second-order valence-electron chi connectivity index (χ2n) is 6.86. The van der Waals surface area contributed by atoms with Gasteiger partial charge in [-0.2, -0.15) is 0 Å². The van der Waals surface area contributed by atoms with Crippen molar-refractivity contribution in [1.29, 1.82) is 0 Å². The van der Waals surface area contributed by atoms with Crippen molar-refractivity contribution < 1.29 is 0 Å². The standard InChI is InChI=1S/C21H22N4S2/c1-14-7-12-18(27-14)20-19(17-6-4-5-13-22-17)23-21(26)25(20)16-10-8-15(9-11-16)24(2)3/h4-13,19-20H,1-3H3,(H,23,26)/t19-,20-/m1/s1. The third-order valence-electron chi connectivity index (χ3n) is 4.80. The number of thiocarbonyl (C=S) groups is 1. The molecule has 2 atom stereocenters. The molecule has 4 rings (SSSR count). The van der Waals surface area contributed by atoms with Gasteiger partial charge in [-0.05, 0) is 67.7 Å². The highest BCUT2D eigenvalue weighted by Gasteiger charge is 2.41. The number of nitrogens with one attached hydrogen (secondary N) is 1. The fourth-order valence-corrected chi connectivity index (χ4v) is 4.80. The lowest BCUT2D eigenvalue weighted by atomic mass is 10.0.